The summed E-state index contributed by atoms with van der Waals surface area (Å²) in [5, 5.41) is 3.25. The molecule has 1 aliphatic rings. The van der Waals surface area contributed by atoms with Crippen LogP contribution >= 0.6 is 11.8 Å². The Morgan fingerprint density at radius 2 is 2.25 bits per heavy atom. The lowest BCUT2D eigenvalue weighted by atomic mass is 10.1. The molecule has 1 aromatic rings. The summed E-state index contributed by atoms with van der Waals surface area (Å²) in [4.78, 5) is 5.63. The minimum Gasteiger partial charge on any atom is -0.370 e. The van der Waals surface area contributed by atoms with Crippen LogP contribution in [0.15, 0.2) is 23.2 Å². The Balaban J connectivity index is 1.85. The topological polar surface area (TPSA) is 24.9 Å². The molecule has 0 unspecified atom stereocenters. The van der Waals surface area contributed by atoms with Crippen LogP contribution in [0, 0.1) is 5.92 Å². The second-order valence-electron chi connectivity index (χ2n) is 4.37. The fourth-order valence-electron chi connectivity index (χ4n) is 2.17. The summed E-state index contributed by atoms with van der Waals surface area (Å²) in [6.45, 7) is 3.03. The third kappa shape index (κ3) is 3.41. The molecule has 0 bridgehead atoms. The zero-order valence-electron chi connectivity index (χ0n) is 9.91. The fourth-order valence-corrected chi connectivity index (χ4v) is 3.28. The number of thioether (sulfide) groups is 1. The molecule has 3 heteroatoms. The molecule has 1 heterocycles. The van der Waals surface area contributed by atoms with Crippen molar-refractivity contribution in [1.82, 2.24) is 4.98 Å². The molecule has 0 amide bonds. The monoisotopic (exact) mass is 236 g/mol. The minimum atomic E-state index is 0.934. The number of aromatic nitrogens is 1. The molecule has 0 atom stereocenters. The first-order chi connectivity index (χ1) is 7.88. The summed E-state index contributed by atoms with van der Waals surface area (Å²) in [5.41, 5.74) is 0. The molecule has 1 fully saturated rings. The standard InChI is InChI=1S/C13H20N2S/c1-2-14-13-9-12(7-8-15-13)16-10-11-5-3-4-6-11/h7-9,11H,2-6,10H2,1H3,(H,14,15). The predicted octanol–water partition coefficient (Wildman–Crippen LogP) is 3.80. The van der Waals surface area contributed by atoms with Gasteiger partial charge in [0.1, 0.15) is 5.82 Å². The molecule has 0 aromatic carbocycles. The third-order valence-corrected chi connectivity index (χ3v) is 4.28. The Bertz CT molecular complexity index is 321. The molecule has 1 N–H and O–H groups in total. The maximum atomic E-state index is 4.28. The van der Waals surface area contributed by atoms with E-state index < -0.39 is 0 Å². The van der Waals surface area contributed by atoms with Crippen LogP contribution in [0.5, 0.6) is 0 Å². The SMILES string of the molecule is CCNc1cc(SCC2CCCC2)ccn1. The quantitative estimate of drug-likeness (QED) is 0.787. The van der Waals surface area contributed by atoms with E-state index in [2.05, 4.69) is 29.4 Å². The molecule has 0 saturated heterocycles. The summed E-state index contributed by atoms with van der Waals surface area (Å²) in [6, 6.07) is 4.27. The highest BCUT2D eigenvalue weighted by molar-refractivity contribution is 7.99. The number of anilines is 1. The zero-order chi connectivity index (χ0) is 11.2. The highest BCUT2D eigenvalue weighted by Gasteiger charge is 2.14. The van der Waals surface area contributed by atoms with Gasteiger partial charge in [-0.05, 0) is 37.8 Å². The molecular weight excluding hydrogens is 216 g/mol. The van der Waals surface area contributed by atoms with Gasteiger partial charge >= 0.3 is 0 Å². The van der Waals surface area contributed by atoms with Crippen molar-refractivity contribution >= 4 is 17.6 Å². The number of hydrogen-bond donors (Lipinski definition) is 1. The largest absolute Gasteiger partial charge is 0.370 e. The molecule has 1 saturated carbocycles. The second kappa shape index (κ2) is 6.14. The van der Waals surface area contributed by atoms with E-state index in [1.54, 1.807) is 0 Å². The average Bonchev–Trinajstić information content (AvgIpc) is 2.80. The lowest BCUT2D eigenvalue weighted by Crippen LogP contribution is -1.99. The van der Waals surface area contributed by atoms with Crippen LogP contribution < -0.4 is 5.32 Å². The van der Waals surface area contributed by atoms with Gasteiger partial charge in [-0.15, -0.1) is 11.8 Å². The van der Waals surface area contributed by atoms with Crippen LogP contribution in [-0.4, -0.2) is 17.3 Å². The minimum absolute atomic E-state index is 0.934. The van der Waals surface area contributed by atoms with Crippen molar-refractivity contribution in [2.45, 2.75) is 37.5 Å². The van der Waals surface area contributed by atoms with E-state index in [0.717, 1.165) is 18.3 Å². The van der Waals surface area contributed by atoms with E-state index in [4.69, 9.17) is 0 Å². The predicted molar refractivity (Wildman–Crippen MR) is 71.1 cm³/mol. The average molecular weight is 236 g/mol. The molecule has 0 spiro atoms. The highest BCUT2D eigenvalue weighted by Crippen LogP contribution is 2.31. The molecule has 0 aliphatic heterocycles. The maximum Gasteiger partial charge on any atom is 0.126 e. The van der Waals surface area contributed by atoms with Gasteiger partial charge in [-0.25, -0.2) is 4.98 Å². The summed E-state index contributed by atoms with van der Waals surface area (Å²) < 4.78 is 0. The molecule has 1 aliphatic carbocycles. The van der Waals surface area contributed by atoms with Crippen molar-refractivity contribution in [1.29, 1.82) is 0 Å². The Hall–Kier alpha value is -0.700. The van der Waals surface area contributed by atoms with Gasteiger partial charge in [0.2, 0.25) is 0 Å². The molecular formula is C13H20N2S. The molecule has 2 nitrogen and oxygen atoms in total. The first-order valence-corrected chi connectivity index (χ1v) is 7.19. The molecule has 2 rings (SSSR count). The van der Waals surface area contributed by atoms with Crippen molar-refractivity contribution in [2.24, 2.45) is 5.92 Å². The summed E-state index contributed by atoms with van der Waals surface area (Å²) >= 11 is 1.98. The van der Waals surface area contributed by atoms with Crippen molar-refractivity contribution < 1.29 is 0 Å². The molecule has 0 radical (unpaired) electrons. The van der Waals surface area contributed by atoms with E-state index >= 15 is 0 Å². The van der Waals surface area contributed by atoms with Crippen LogP contribution in [0.1, 0.15) is 32.6 Å². The van der Waals surface area contributed by atoms with E-state index in [9.17, 15) is 0 Å². The zero-order valence-corrected chi connectivity index (χ0v) is 10.7. The number of hydrogen-bond acceptors (Lipinski definition) is 3. The number of rotatable bonds is 5. The highest BCUT2D eigenvalue weighted by atomic mass is 32.2. The van der Waals surface area contributed by atoms with Crippen molar-refractivity contribution in [3.63, 3.8) is 0 Å². The van der Waals surface area contributed by atoms with Gasteiger partial charge in [0, 0.05) is 23.4 Å². The first-order valence-electron chi connectivity index (χ1n) is 6.21. The van der Waals surface area contributed by atoms with Gasteiger partial charge in [0.05, 0.1) is 0 Å². The lowest BCUT2D eigenvalue weighted by molar-refractivity contribution is 0.623. The lowest BCUT2D eigenvalue weighted by Gasteiger charge is -2.09. The van der Waals surface area contributed by atoms with Gasteiger partial charge in [-0.2, -0.15) is 0 Å². The van der Waals surface area contributed by atoms with Crippen molar-refractivity contribution in [2.75, 3.05) is 17.6 Å². The maximum absolute atomic E-state index is 4.28. The molecule has 88 valence electrons. The smallest absolute Gasteiger partial charge is 0.126 e. The third-order valence-electron chi connectivity index (χ3n) is 3.05. The Kier molecular flexibility index (Phi) is 4.52. The van der Waals surface area contributed by atoms with E-state index in [1.807, 2.05) is 18.0 Å². The number of nitrogens with zero attached hydrogens (tertiary/aromatic N) is 1. The van der Waals surface area contributed by atoms with Crippen LogP contribution in [0.3, 0.4) is 0 Å². The van der Waals surface area contributed by atoms with Crippen LogP contribution in [0.25, 0.3) is 0 Å². The molecule has 16 heavy (non-hydrogen) atoms. The summed E-state index contributed by atoms with van der Waals surface area (Å²) in [5.74, 6) is 3.22. The Labute approximate surface area is 102 Å². The van der Waals surface area contributed by atoms with Gasteiger partial charge in [-0.3, -0.25) is 0 Å². The van der Waals surface area contributed by atoms with Gasteiger partial charge < -0.3 is 5.32 Å². The normalized spacial score (nSPS) is 16.6. The van der Waals surface area contributed by atoms with Crippen molar-refractivity contribution in [3.8, 4) is 0 Å². The first kappa shape index (κ1) is 11.8. The Morgan fingerprint density at radius 3 is 3.00 bits per heavy atom. The fraction of sp³-hybridized carbons (Fsp3) is 0.615. The van der Waals surface area contributed by atoms with Crippen LogP contribution in [0.4, 0.5) is 5.82 Å². The van der Waals surface area contributed by atoms with Crippen molar-refractivity contribution in [3.05, 3.63) is 18.3 Å². The van der Waals surface area contributed by atoms with Crippen LogP contribution in [0.2, 0.25) is 0 Å². The van der Waals surface area contributed by atoms with Gasteiger partial charge in [0.15, 0.2) is 0 Å². The Morgan fingerprint density at radius 1 is 1.44 bits per heavy atom. The second-order valence-corrected chi connectivity index (χ2v) is 5.46. The van der Waals surface area contributed by atoms with E-state index in [1.165, 1.54) is 36.3 Å². The van der Waals surface area contributed by atoms with E-state index in [0.29, 0.717) is 0 Å². The summed E-state index contributed by atoms with van der Waals surface area (Å²) in [6.07, 6.45) is 7.62. The summed E-state index contributed by atoms with van der Waals surface area (Å²) in [7, 11) is 0. The molecule has 1 aromatic heterocycles. The number of pyridine rings is 1. The van der Waals surface area contributed by atoms with Crippen LogP contribution in [-0.2, 0) is 0 Å². The number of nitrogens with one attached hydrogen (secondary N) is 1. The van der Waals surface area contributed by atoms with E-state index in [-0.39, 0.29) is 0 Å². The van der Waals surface area contributed by atoms with Gasteiger partial charge in [0.25, 0.3) is 0 Å². The van der Waals surface area contributed by atoms with Gasteiger partial charge in [-0.1, -0.05) is 12.8 Å².